The van der Waals surface area contributed by atoms with Crippen molar-refractivity contribution in [1.29, 1.82) is 0 Å². The highest BCUT2D eigenvalue weighted by Crippen LogP contribution is 2.04. The Morgan fingerprint density at radius 2 is 1.88 bits per heavy atom. The van der Waals surface area contributed by atoms with Crippen LogP contribution in [0.25, 0.3) is 0 Å². The first kappa shape index (κ1) is 12.7. The lowest BCUT2D eigenvalue weighted by Gasteiger charge is -2.21. The minimum absolute atomic E-state index is 0.0836. The van der Waals surface area contributed by atoms with Gasteiger partial charge in [0.2, 0.25) is 0 Å². The van der Waals surface area contributed by atoms with Crippen molar-refractivity contribution in [3.05, 3.63) is 35.9 Å². The van der Waals surface area contributed by atoms with Gasteiger partial charge in [0.25, 0.3) is 5.91 Å². The first-order valence-corrected chi connectivity index (χ1v) is 5.76. The van der Waals surface area contributed by atoms with Crippen molar-refractivity contribution in [2.45, 2.75) is 33.2 Å². The van der Waals surface area contributed by atoms with Crippen LogP contribution >= 0.6 is 0 Å². The van der Waals surface area contributed by atoms with Crippen LogP contribution in [0.3, 0.4) is 0 Å². The summed E-state index contributed by atoms with van der Waals surface area (Å²) >= 11 is 0. The van der Waals surface area contributed by atoms with Gasteiger partial charge in [-0.3, -0.25) is 10.2 Å². The van der Waals surface area contributed by atoms with Crippen LogP contribution in [0.2, 0.25) is 0 Å². The maximum Gasteiger partial charge on any atom is 0.265 e. The summed E-state index contributed by atoms with van der Waals surface area (Å²) in [7, 11) is 0. The molecule has 16 heavy (non-hydrogen) atoms. The summed E-state index contributed by atoms with van der Waals surface area (Å²) in [5.41, 5.74) is 6.48. The van der Waals surface area contributed by atoms with Crippen molar-refractivity contribution < 1.29 is 4.79 Å². The highest BCUT2D eigenvalue weighted by atomic mass is 16.2. The van der Waals surface area contributed by atoms with E-state index in [-0.39, 0.29) is 5.91 Å². The first-order valence-electron chi connectivity index (χ1n) is 5.76. The molecule has 2 N–H and O–H groups in total. The Hall–Kier alpha value is -1.35. The molecule has 88 valence electrons. The van der Waals surface area contributed by atoms with Gasteiger partial charge in [0.15, 0.2) is 0 Å². The zero-order valence-corrected chi connectivity index (χ0v) is 10.2. The Bertz CT molecular complexity index is 322. The minimum Gasteiger partial charge on any atom is -0.287 e. The van der Waals surface area contributed by atoms with Crippen LogP contribution in [0.4, 0.5) is 0 Å². The second-order valence-corrected chi connectivity index (χ2v) is 4.22. The number of hydrogen-bond acceptors (Lipinski definition) is 2. The molecule has 0 radical (unpaired) electrons. The SMILES string of the molecule is CC[C@@H](NNC(=O)c1ccccc1)C(C)C. The average molecular weight is 220 g/mol. The van der Waals surface area contributed by atoms with Gasteiger partial charge in [-0.1, -0.05) is 39.0 Å². The van der Waals surface area contributed by atoms with Gasteiger partial charge >= 0.3 is 0 Å². The third-order valence-electron chi connectivity index (χ3n) is 2.65. The lowest BCUT2D eigenvalue weighted by Crippen LogP contribution is -2.46. The highest BCUT2D eigenvalue weighted by Gasteiger charge is 2.11. The summed E-state index contributed by atoms with van der Waals surface area (Å²) in [4.78, 5) is 11.7. The van der Waals surface area contributed by atoms with E-state index >= 15 is 0 Å². The quantitative estimate of drug-likeness (QED) is 0.748. The molecule has 0 aromatic heterocycles. The lowest BCUT2D eigenvalue weighted by atomic mass is 10.0. The molecule has 0 fully saturated rings. The molecular weight excluding hydrogens is 200 g/mol. The van der Waals surface area contributed by atoms with E-state index < -0.39 is 0 Å². The molecule has 1 rings (SSSR count). The summed E-state index contributed by atoms with van der Waals surface area (Å²) in [6.45, 7) is 6.37. The first-order chi connectivity index (χ1) is 7.65. The molecule has 3 heteroatoms. The van der Waals surface area contributed by atoms with E-state index in [0.29, 0.717) is 17.5 Å². The van der Waals surface area contributed by atoms with Crippen LogP contribution in [0.1, 0.15) is 37.6 Å². The zero-order chi connectivity index (χ0) is 12.0. The van der Waals surface area contributed by atoms with Gasteiger partial charge < -0.3 is 0 Å². The summed E-state index contributed by atoms with van der Waals surface area (Å²) in [6, 6.07) is 9.52. The summed E-state index contributed by atoms with van der Waals surface area (Å²) < 4.78 is 0. The van der Waals surface area contributed by atoms with E-state index in [9.17, 15) is 4.79 Å². The van der Waals surface area contributed by atoms with Gasteiger partial charge in [0.1, 0.15) is 0 Å². The number of hydrogen-bond donors (Lipinski definition) is 2. The number of carbonyl (C=O) groups is 1. The van der Waals surface area contributed by atoms with E-state index in [1.54, 1.807) is 12.1 Å². The smallest absolute Gasteiger partial charge is 0.265 e. The predicted molar refractivity (Wildman–Crippen MR) is 66.0 cm³/mol. The third-order valence-corrected chi connectivity index (χ3v) is 2.65. The fraction of sp³-hybridized carbons (Fsp3) is 0.462. The largest absolute Gasteiger partial charge is 0.287 e. The number of nitrogens with one attached hydrogen (secondary N) is 2. The Morgan fingerprint density at radius 3 is 2.38 bits per heavy atom. The molecule has 1 amide bonds. The highest BCUT2D eigenvalue weighted by molar-refractivity contribution is 5.93. The number of benzene rings is 1. The molecule has 0 bridgehead atoms. The van der Waals surface area contributed by atoms with Crippen LogP contribution in [0.15, 0.2) is 30.3 Å². The fourth-order valence-electron chi connectivity index (χ4n) is 1.56. The number of hydrazine groups is 1. The van der Waals surface area contributed by atoms with Crippen LogP contribution in [0, 0.1) is 5.92 Å². The van der Waals surface area contributed by atoms with Crippen LogP contribution in [-0.2, 0) is 0 Å². The van der Waals surface area contributed by atoms with Crippen LogP contribution < -0.4 is 10.9 Å². The van der Waals surface area contributed by atoms with E-state index in [2.05, 4.69) is 31.6 Å². The topological polar surface area (TPSA) is 41.1 Å². The van der Waals surface area contributed by atoms with Gasteiger partial charge in [-0.25, -0.2) is 5.43 Å². The minimum atomic E-state index is -0.0836. The van der Waals surface area contributed by atoms with Crippen molar-refractivity contribution in [2.24, 2.45) is 5.92 Å². The molecule has 0 heterocycles. The Kier molecular flexibility index (Phi) is 4.99. The second-order valence-electron chi connectivity index (χ2n) is 4.22. The molecule has 0 aliphatic heterocycles. The summed E-state index contributed by atoms with van der Waals surface area (Å²) in [6.07, 6.45) is 0.993. The standard InChI is InChI=1S/C13H20N2O/c1-4-12(10(2)3)14-15-13(16)11-8-6-5-7-9-11/h5-10,12,14H,4H2,1-3H3,(H,15,16)/t12-/m1/s1. The van der Waals surface area contributed by atoms with Crippen LogP contribution in [-0.4, -0.2) is 11.9 Å². The maximum atomic E-state index is 11.7. The van der Waals surface area contributed by atoms with E-state index in [1.165, 1.54) is 0 Å². The van der Waals surface area contributed by atoms with Crippen molar-refractivity contribution in [2.75, 3.05) is 0 Å². The summed E-state index contributed by atoms with van der Waals surface area (Å²) in [5, 5.41) is 0. The molecule has 0 aliphatic carbocycles. The fourth-order valence-corrected chi connectivity index (χ4v) is 1.56. The maximum absolute atomic E-state index is 11.7. The van der Waals surface area contributed by atoms with Gasteiger partial charge in [-0.2, -0.15) is 0 Å². The molecule has 3 nitrogen and oxygen atoms in total. The van der Waals surface area contributed by atoms with E-state index in [1.807, 2.05) is 18.2 Å². The van der Waals surface area contributed by atoms with Gasteiger partial charge in [0, 0.05) is 11.6 Å². The van der Waals surface area contributed by atoms with Crippen molar-refractivity contribution >= 4 is 5.91 Å². The Balaban J connectivity index is 2.47. The lowest BCUT2D eigenvalue weighted by molar-refractivity contribution is 0.0919. The van der Waals surface area contributed by atoms with Gasteiger partial charge in [0.05, 0.1) is 0 Å². The monoisotopic (exact) mass is 220 g/mol. The zero-order valence-electron chi connectivity index (χ0n) is 10.2. The number of carbonyl (C=O) groups excluding carboxylic acids is 1. The van der Waals surface area contributed by atoms with Crippen molar-refractivity contribution in [3.8, 4) is 0 Å². The molecule has 0 saturated carbocycles. The Morgan fingerprint density at radius 1 is 1.25 bits per heavy atom. The number of rotatable bonds is 5. The van der Waals surface area contributed by atoms with E-state index in [0.717, 1.165) is 6.42 Å². The molecule has 1 aromatic rings. The molecule has 1 aromatic carbocycles. The molecule has 0 unspecified atom stereocenters. The number of amides is 1. The molecule has 1 atom stereocenters. The third kappa shape index (κ3) is 3.66. The molecule has 0 saturated heterocycles. The van der Waals surface area contributed by atoms with Crippen LogP contribution in [0.5, 0.6) is 0 Å². The Labute approximate surface area is 97.2 Å². The molecule has 0 aliphatic rings. The van der Waals surface area contributed by atoms with Crippen molar-refractivity contribution in [1.82, 2.24) is 10.9 Å². The predicted octanol–water partition coefficient (Wildman–Crippen LogP) is 2.36. The molecule has 0 spiro atoms. The van der Waals surface area contributed by atoms with Gasteiger partial charge in [-0.15, -0.1) is 0 Å². The summed E-state index contributed by atoms with van der Waals surface area (Å²) in [5.74, 6) is 0.417. The van der Waals surface area contributed by atoms with Crippen molar-refractivity contribution in [3.63, 3.8) is 0 Å². The molecular formula is C13H20N2O. The van der Waals surface area contributed by atoms with Gasteiger partial charge in [-0.05, 0) is 24.5 Å². The van der Waals surface area contributed by atoms with E-state index in [4.69, 9.17) is 0 Å². The average Bonchev–Trinajstić information content (AvgIpc) is 2.30. The second kappa shape index (κ2) is 6.28. The normalized spacial score (nSPS) is 12.5.